The van der Waals surface area contributed by atoms with Gasteiger partial charge in [0, 0.05) is 42.8 Å². The van der Waals surface area contributed by atoms with Crippen molar-refractivity contribution in [3.05, 3.63) is 90.5 Å². The van der Waals surface area contributed by atoms with E-state index in [1.807, 2.05) is 47.0 Å². The Kier molecular flexibility index (Phi) is 6.37. The molecule has 2 heterocycles. The molecule has 2 aromatic heterocycles. The number of thioether (sulfide) groups is 1. The third-order valence-electron chi connectivity index (χ3n) is 4.68. The Morgan fingerprint density at radius 1 is 1.03 bits per heavy atom. The van der Waals surface area contributed by atoms with E-state index in [1.54, 1.807) is 37.6 Å². The van der Waals surface area contributed by atoms with Crippen molar-refractivity contribution in [3.8, 4) is 17.1 Å². The highest BCUT2D eigenvalue weighted by Gasteiger charge is 2.19. The van der Waals surface area contributed by atoms with Gasteiger partial charge in [0.05, 0.1) is 5.75 Å². The van der Waals surface area contributed by atoms with Gasteiger partial charge in [-0.2, -0.15) is 0 Å². The predicted octanol–water partition coefficient (Wildman–Crippen LogP) is 4.22. The number of carbonyl (C=O) groups is 1. The average molecular weight is 434 g/mol. The van der Waals surface area contributed by atoms with Gasteiger partial charge >= 0.3 is 0 Å². The van der Waals surface area contributed by atoms with Crippen molar-refractivity contribution in [3.63, 3.8) is 0 Å². The molecule has 1 amide bonds. The summed E-state index contributed by atoms with van der Waals surface area (Å²) in [5.74, 6) is 0.357. The summed E-state index contributed by atoms with van der Waals surface area (Å²) in [4.78, 5) is 18.4. The van der Waals surface area contributed by atoms with Gasteiger partial charge in [0.25, 0.3) is 0 Å². The average Bonchev–Trinajstić information content (AvgIpc) is 3.24. The molecular weight excluding hydrogens is 413 g/mol. The van der Waals surface area contributed by atoms with Crippen LogP contribution in [0.3, 0.4) is 0 Å². The van der Waals surface area contributed by atoms with Crippen LogP contribution in [0.15, 0.2) is 84.3 Å². The minimum atomic E-state index is -0.320. The molecule has 0 bridgehead atoms. The quantitative estimate of drug-likeness (QED) is 0.409. The van der Waals surface area contributed by atoms with Crippen LogP contribution in [0.4, 0.5) is 4.39 Å². The summed E-state index contributed by atoms with van der Waals surface area (Å²) < 4.78 is 15.8. The van der Waals surface area contributed by atoms with Crippen molar-refractivity contribution in [2.24, 2.45) is 0 Å². The number of pyridine rings is 1. The molecule has 0 fully saturated rings. The topological polar surface area (TPSA) is 63.9 Å². The van der Waals surface area contributed by atoms with E-state index in [1.165, 1.54) is 22.7 Å². The van der Waals surface area contributed by atoms with E-state index in [-0.39, 0.29) is 24.0 Å². The molecule has 6 nitrogen and oxygen atoms in total. The Morgan fingerprint density at radius 3 is 2.55 bits per heavy atom. The number of para-hydroxylation sites is 1. The van der Waals surface area contributed by atoms with Crippen LogP contribution in [0, 0.1) is 5.82 Å². The summed E-state index contributed by atoms with van der Waals surface area (Å²) in [6.07, 6.45) is 3.43. The second-order valence-electron chi connectivity index (χ2n) is 6.85. The van der Waals surface area contributed by atoms with Crippen LogP contribution in [-0.2, 0) is 11.3 Å². The lowest BCUT2D eigenvalue weighted by Gasteiger charge is -2.17. The summed E-state index contributed by atoms with van der Waals surface area (Å²) >= 11 is 1.29. The molecule has 0 saturated carbocycles. The summed E-state index contributed by atoms with van der Waals surface area (Å²) in [5, 5.41) is 9.25. The molecule has 2 aromatic carbocycles. The molecule has 8 heteroatoms. The van der Waals surface area contributed by atoms with Crippen molar-refractivity contribution in [1.29, 1.82) is 0 Å². The molecule has 4 rings (SSSR count). The maximum atomic E-state index is 13.9. The molecule has 0 aliphatic carbocycles. The smallest absolute Gasteiger partial charge is 0.233 e. The molecule has 0 spiro atoms. The number of nitrogens with zero attached hydrogens (tertiary/aromatic N) is 5. The van der Waals surface area contributed by atoms with E-state index >= 15 is 0 Å². The Morgan fingerprint density at radius 2 is 1.81 bits per heavy atom. The SMILES string of the molecule is CN(Cc1ccccc1F)C(=O)CSc1nnc(-c2cccnc2)n1-c1ccccc1. The number of hydrogen-bond donors (Lipinski definition) is 0. The fourth-order valence-electron chi connectivity index (χ4n) is 3.06. The Balaban J connectivity index is 1.54. The molecule has 0 aliphatic rings. The van der Waals surface area contributed by atoms with Crippen LogP contribution in [0.2, 0.25) is 0 Å². The maximum Gasteiger partial charge on any atom is 0.233 e. The number of amides is 1. The molecule has 0 unspecified atom stereocenters. The highest BCUT2D eigenvalue weighted by atomic mass is 32.2. The monoisotopic (exact) mass is 433 g/mol. The fourth-order valence-corrected chi connectivity index (χ4v) is 3.95. The van der Waals surface area contributed by atoms with Gasteiger partial charge in [-0.1, -0.05) is 48.2 Å². The van der Waals surface area contributed by atoms with Crippen molar-refractivity contribution < 1.29 is 9.18 Å². The van der Waals surface area contributed by atoms with Crippen molar-refractivity contribution in [2.75, 3.05) is 12.8 Å². The molecule has 156 valence electrons. The zero-order valence-corrected chi connectivity index (χ0v) is 17.7. The molecule has 4 aromatic rings. The first-order chi connectivity index (χ1) is 15.1. The zero-order valence-electron chi connectivity index (χ0n) is 16.9. The number of aromatic nitrogens is 4. The summed E-state index contributed by atoms with van der Waals surface area (Å²) in [7, 11) is 1.67. The first-order valence-electron chi connectivity index (χ1n) is 9.65. The van der Waals surface area contributed by atoms with Gasteiger partial charge in [0.1, 0.15) is 5.82 Å². The fraction of sp³-hybridized carbons (Fsp3) is 0.130. The molecule has 0 N–H and O–H groups in total. The van der Waals surface area contributed by atoms with Crippen LogP contribution < -0.4 is 0 Å². The highest BCUT2D eigenvalue weighted by molar-refractivity contribution is 7.99. The van der Waals surface area contributed by atoms with Crippen molar-refractivity contribution in [1.82, 2.24) is 24.6 Å². The van der Waals surface area contributed by atoms with E-state index in [0.717, 1.165) is 11.3 Å². The number of carbonyl (C=O) groups excluding carboxylic acids is 1. The van der Waals surface area contributed by atoms with E-state index in [4.69, 9.17) is 0 Å². The number of hydrogen-bond acceptors (Lipinski definition) is 5. The molecule has 31 heavy (non-hydrogen) atoms. The second-order valence-corrected chi connectivity index (χ2v) is 7.79. The third kappa shape index (κ3) is 4.80. The maximum absolute atomic E-state index is 13.9. The minimum Gasteiger partial charge on any atom is -0.341 e. The molecule has 0 atom stereocenters. The van der Waals surface area contributed by atoms with E-state index < -0.39 is 0 Å². The lowest BCUT2D eigenvalue weighted by Crippen LogP contribution is -2.28. The van der Waals surface area contributed by atoms with Crippen LogP contribution in [0.5, 0.6) is 0 Å². The second kappa shape index (κ2) is 9.53. The summed E-state index contributed by atoms with van der Waals surface area (Å²) in [5.41, 5.74) is 2.20. The van der Waals surface area contributed by atoms with E-state index in [9.17, 15) is 9.18 Å². The van der Waals surface area contributed by atoms with Crippen molar-refractivity contribution in [2.45, 2.75) is 11.7 Å². The Bertz CT molecular complexity index is 1170. The number of halogens is 1. The normalized spacial score (nSPS) is 10.8. The van der Waals surface area contributed by atoms with Gasteiger partial charge in [-0.25, -0.2) is 4.39 Å². The standard InChI is InChI=1S/C23H20FN5OS/c1-28(15-18-8-5-6-12-20(18)24)21(30)16-31-23-27-26-22(17-9-7-13-25-14-17)29(23)19-10-3-2-4-11-19/h2-14H,15-16H2,1H3. The van der Waals surface area contributed by atoms with Crippen LogP contribution >= 0.6 is 11.8 Å². The zero-order chi connectivity index (χ0) is 21.6. The van der Waals surface area contributed by atoms with Gasteiger partial charge in [0.15, 0.2) is 11.0 Å². The highest BCUT2D eigenvalue weighted by Crippen LogP contribution is 2.27. The van der Waals surface area contributed by atoms with E-state index in [2.05, 4.69) is 15.2 Å². The lowest BCUT2D eigenvalue weighted by molar-refractivity contribution is -0.127. The minimum absolute atomic E-state index is 0.126. The Hall–Kier alpha value is -3.52. The van der Waals surface area contributed by atoms with Gasteiger partial charge < -0.3 is 4.90 Å². The molecule has 0 saturated heterocycles. The predicted molar refractivity (Wildman–Crippen MR) is 118 cm³/mol. The van der Waals surface area contributed by atoms with Crippen LogP contribution in [0.25, 0.3) is 17.1 Å². The van der Waals surface area contributed by atoms with Gasteiger partial charge in [-0.15, -0.1) is 10.2 Å². The van der Waals surface area contributed by atoms with Crippen LogP contribution in [0.1, 0.15) is 5.56 Å². The largest absolute Gasteiger partial charge is 0.341 e. The van der Waals surface area contributed by atoms with Gasteiger partial charge in [-0.05, 0) is 30.3 Å². The number of benzene rings is 2. The first-order valence-corrected chi connectivity index (χ1v) is 10.6. The Labute approximate surface area is 183 Å². The number of rotatable bonds is 7. The summed E-state index contributed by atoms with van der Waals surface area (Å²) in [6.45, 7) is 0.207. The molecule has 0 aliphatic heterocycles. The van der Waals surface area contributed by atoms with Gasteiger partial charge in [-0.3, -0.25) is 14.3 Å². The molecular formula is C23H20FN5OS. The first kappa shape index (κ1) is 20.7. The third-order valence-corrected chi connectivity index (χ3v) is 5.60. The van der Waals surface area contributed by atoms with Crippen molar-refractivity contribution >= 4 is 17.7 Å². The molecule has 0 radical (unpaired) electrons. The van der Waals surface area contributed by atoms with Gasteiger partial charge in [0.2, 0.25) is 5.91 Å². The van der Waals surface area contributed by atoms with E-state index in [0.29, 0.717) is 16.5 Å². The lowest BCUT2D eigenvalue weighted by atomic mass is 10.2. The summed E-state index contributed by atoms with van der Waals surface area (Å²) in [6, 6.07) is 19.9. The van der Waals surface area contributed by atoms with Crippen LogP contribution in [-0.4, -0.2) is 43.4 Å².